The van der Waals surface area contributed by atoms with Gasteiger partial charge in [0.25, 0.3) is 0 Å². The van der Waals surface area contributed by atoms with Crippen molar-refractivity contribution in [2.45, 2.75) is 6.04 Å². The van der Waals surface area contributed by atoms with Crippen LogP contribution in [0.2, 0.25) is 0 Å². The zero-order valence-corrected chi connectivity index (χ0v) is 15.2. The van der Waals surface area contributed by atoms with Crippen molar-refractivity contribution in [2.75, 3.05) is 4.90 Å². The van der Waals surface area contributed by atoms with E-state index in [9.17, 15) is 5.11 Å². The molecule has 0 radical (unpaired) electrons. The Morgan fingerprint density at radius 1 is 0.750 bits per heavy atom. The quantitative estimate of drug-likeness (QED) is 0.477. The minimum atomic E-state index is 0.0865. The van der Waals surface area contributed by atoms with Crippen molar-refractivity contribution >= 4 is 17.5 Å². The molecule has 0 bridgehead atoms. The molecule has 3 nitrogen and oxygen atoms in total. The molecule has 3 heterocycles. The molecule has 3 heteroatoms. The van der Waals surface area contributed by atoms with E-state index >= 15 is 0 Å². The smallest absolute Gasteiger partial charge is 0.116 e. The van der Waals surface area contributed by atoms with Crippen molar-refractivity contribution in [1.82, 2.24) is 4.57 Å². The van der Waals surface area contributed by atoms with Gasteiger partial charge in [0.15, 0.2) is 0 Å². The summed E-state index contributed by atoms with van der Waals surface area (Å²) < 4.78 is 2.29. The lowest BCUT2D eigenvalue weighted by atomic mass is 9.88. The van der Waals surface area contributed by atoms with Gasteiger partial charge >= 0.3 is 0 Å². The maximum Gasteiger partial charge on any atom is 0.116 e. The second kappa shape index (κ2) is 5.64. The fourth-order valence-electron chi connectivity index (χ4n) is 4.54. The predicted octanol–water partition coefficient (Wildman–Crippen LogP) is 5.60. The summed E-state index contributed by atoms with van der Waals surface area (Å²) in [5.74, 6) is 0.280. The molecule has 134 valence electrons. The van der Waals surface area contributed by atoms with Crippen LogP contribution < -0.4 is 4.90 Å². The van der Waals surface area contributed by atoms with Crippen molar-refractivity contribution < 1.29 is 5.11 Å². The van der Waals surface area contributed by atoms with Gasteiger partial charge in [-0.05, 0) is 53.6 Å². The lowest BCUT2D eigenvalue weighted by Gasteiger charge is -2.44. The first-order valence-electron chi connectivity index (χ1n) is 9.47. The van der Waals surface area contributed by atoms with E-state index in [2.05, 4.69) is 88.5 Å². The fourth-order valence-corrected chi connectivity index (χ4v) is 4.54. The Morgan fingerprint density at radius 3 is 2.46 bits per heavy atom. The van der Waals surface area contributed by atoms with Crippen LogP contribution in [0.25, 0.3) is 17.5 Å². The Kier molecular flexibility index (Phi) is 3.09. The Morgan fingerprint density at radius 2 is 1.57 bits per heavy atom. The van der Waals surface area contributed by atoms with Crippen molar-refractivity contribution in [3.8, 4) is 11.4 Å². The lowest BCUT2D eigenvalue weighted by molar-refractivity contribution is 0.475. The van der Waals surface area contributed by atoms with E-state index in [0.717, 1.165) is 11.3 Å². The molecule has 1 aromatic heterocycles. The van der Waals surface area contributed by atoms with Gasteiger partial charge in [-0.15, -0.1) is 0 Å². The van der Waals surface area contributed by atoms with Crippen LogP contribution in [0.4, 0.5) is 5.69 Å². The molecular formula is C25H18N2O. The molecule has 0 saturated carbocycles. The van der Waals surface area contributed by atoms with Crippen LogP contribution in [-0.4, -0.2) is 9.67 Å². The van der Waals surface area contributed by atoms with Crippen molar-refractivity contribution in [3.63, 3.8) is 0 Å². The maximum absolute atomic E-state index is 10.1. The van der Waals surface area contributed by atoms with E-state index in [1.54, 1.807) is 6.07 Å². The highest BCUT2D eigenvalue weighted by Crippen LogP contribution is 2.50. The zero-order chi connectivity index (χ0) is 18.7. The Balaban J connectivity index is 1.70. The molecule has 0 aliphatic carbocycles. The second-order valence-corrected chi connectivity index (χ2v) is 7.27. The number of benzene rings is 3. The molecule has 0 amide bonds. The molecule has 4 aromatic rings. The Hall–Kier alpha value is -3.72. The van der Waals surface area contributed by atoms with Crippen LogP contribution in [0.15, 0.2) is 91.1 Å². The van der Waals surface area contributed by atoms with Gasteiger partial charge in [0, 0.05) is 11.8 Å². The maximum atomic E-state index is 10.1. The average Bonchev–Trinajstić information content (AvgIpc) is 3.23. The molecule has 1 N–H and O–H groups in total. The summed E-state index contributed by atoms with van der Waals surface area (Å²) in [4.78, 5) is 2.40. The van der Waals surface area contributed by atoms with E-state index in [1.165, 1.54) is 28.2 Å². The molecule has 0 spiro atoms. The first-order valence-corrected chi connectivity index (χ1v) is 9.47. The van der Waals surface area contributed by atoms with Gasteiger partial charge in [-0.3, -0.25) is 0 Å². The van der Waals surface area contributed by atoms with E-state index in [-0.39, 0.29) is 11.8 Å². The number of para-hydroxylation sites is 2. The fraction of sp³-hybridized carbons (Fsp3) is 0.0400. The van der Waals surface area contributed by atoms with Gasteiger partial charge in [0.2, 0.25) is 0 Å². The molecule has 0 saturated heterocycles. The summed E-state index contributed by atoms with van der Waals surface area (Å²) in [5.41, 5.74) is 8.20. The van der Waals surface area contributed by atoms with Gasteiger partial charge in [0.1, 0.15) is 11.8 Å². The van der Waals surface area contributed by atoms with E-state index < -0.39 is 0 Å². The molecular weight excluding hydrogens is 344 g/mol. The van der Waals surface area contributed by atoms with Crippen molar-refractivity contribution in [3.05, 3.63) is 114 Å². The van der Waals surface area contributed by atoms with Gasteiger partial charge in [0.05, 0.1) is 22.8 Å². The van der Waals surface area contributed by atoms with Crippen LogP contribution >= 0.6 is 0 Å². The molecule has 28 heavy (non-hydrogen) atoms. The number of hydrogen-bond acceptors (Lipinski definition) is 2. The highest BCUT2D eigenvalue weighted by molar-refractivity contribution is 5.97. The van der Waals surface area contributed by atoms with Crippen LogP contribution in [0.3, 0.4) is 0 Å². The monoisotopic (exact) mass is 362 g/mol. The van der Waals surface area contributed by atoms with Gasteiger partial charge < -0.3 is 14.6 Å². The Bertz CT molecular complexity index is 1250. The predicted molar refractivity (Wildman–Crippen MR) is 113 cm³/mol. The Labute approximate surface area is 163 Å². The minimum Gasteiger partial charge on any atom is -0.508 e. The molecule has 0 fully saturated rings. The van der Waals surface area contributed by atoms with E-state index in [1.807, 2.05) is 12.1 Å². The summed E-state index contributed by atoms with van der Waals surface area (Å²) in [6.45, 7) is 0. The van der Waals surface area contributed by atoms with Crippen LogP contribution in [0.1, 0.15) is 28.4 Å². The summed E-state index contributed by atoms with van der Waals surface area (Å²) >= 11 is 0. The molecule has 6 rings (SSSR count). The number of aromatic nitrogens is 1. The van der Waals surface area contributed by atoms with Crippen molar-refractivity contribution in [1.29, 1.82) is 0 Å². The number of anilines is 1. The zero-order valence-electron chi connectivity index (χ0n) is 15.2. The van der Waals surface area contributed by atoms with Crippen molar-refractivity contribution in [2.24, 2.45) is 0 Å². The second-order valence-electron chi connectivity index (χ2n) is 7.27. The number of rotatable bonds is 1. The van der Waals surface area contributed by atoms with Gasteiger partial charge in [-0.25, -0.2) is 0 Å². The van der Waals surface area contributed by atoms with E-state index in [4.69, 9.17) is 0 Å². The van der Waals surface area contributed by atoms with Gasteiger partial charge in [-0.2, -0.15) is 0 Å². The molecule has 2 aliphatic rings. The SMILES string of the molecule is Oc1cccc(C2=Cc3ccccc3C3c4cccn4-c4ccccc4N23)c1. The first-order chi connectivity index (χ1) is 13.8. The molecule has 2 aliphatic heterocycles. The highest BCUT2D eigenvalue weighted by atomic mass is 16.3. The third-order valence-electron chi connectivity index (χ3n) is 5.70. The summed E-state index contributed by atoms with van der Waals surface area (Å²) in [6.07, 6.45) is 4.37. The largest absolute Gasteiger partial charge is 0.508 e. The third kappa shape index (κ3) is 2.04. The van der Waals surface area contributed by atoms with E-state index in [0.29, 0.717) is 0 Å². The lowest BCUT2D eigenvalue weighted by Crippen LogP contribution is -2.36. The van der Waals surface area contributed by atoms with Crippen LogP contribution in [0, 0.1) is 0 Å². The van der Waals surface area contributed by atoms with Gasteiger partial charge in [-0.1, -0.05) is 48.5 Å². The first kappa shape index (κ1) is 15.3. The number of nitrogens with zero attached hydrogens (tertiary/aromatic N) is 2. The average molecular weight is 362 g/mol. The standard InChI is InChI=1S/C25H18N2O/c28-19-9-5-8-18(15-19)24-16-17-7-1-2-10-20(17)25-23-13-6-14-26(23)21-11-3-4-12-22(21)27(24)25/h1-16,25,28H. The molecule has 3 aromatic carbocycles. The number of phenols is 1. The number of phenolic OH excluding ortho intramolecular Hbond substituents is 1. The van der Waals surface area contributed by atoms with Crippen LogP contribution in [-0.2, 0) is 0 Å². The summed E-state index contributed by atoms with van der Waals surface area (Å²) in [6, 6.07) is 29.0. The molecule has 1 unspecified atom stereocenters. The summed E-state index contributed by atoms with van der Waals surface area (Å²) in [5, 5.41) is 10.1. The van der Waals surface area contributed by atoms with Crippen LogP contribution in [0.5, 0.6) is 5.75 Å². The normalized spacial score (nSPS) is 16.5. The highest BCUT2D eigenvalue weighted by Gasteiger charge is 2.37. The summed E-state index contributed by atoms with van der Waals surface area (Å²) in [7, 11) is 0. The number of hydrogen-bond donors (Lipinski definition) is 1. The topological polar surface area (TPSA) is 28.4 Å². The third-order valence-corrected chi connectivity index (χ3v) is 5.70. The number of fused-ring (bicyclic) bond motifs is 8. The number of aromatic hydroxyl groups is 1. The minimum absolute atomic E-state index is 0.0865. The molecule has 1 atom stereocenters.